The van der Waals surface area contributed by atoms with E-state index >= 15 is 0 Å². The van der Waals surface area contributed by atoms with E-state index in [1.165, 1.54) is 0 Å². The summed E-state index contributed by atoms with van der Waals surface area (Å²) in [4.78, 5) is 12.3. The SMILES string of the molecule is CC(C)(C)OCCN(CCN)CCNC=O. The molecule has 0 aromatic carbocycles. The largest absolute Gasteiger partial charge is 0.375 e. The van der Waals surface area contributed by atoms with E-state index in [1.807, 2.05) is 20.8 Å². The van der Waals surface area contributed by atoms with E-state index in [0.717, 1.165) is 19.6 Å². The third-order valence-electron chi connectivity index (χ3n) is 2.04. The minimum Gasteiger partial charge on any atom is -0.375 e. The lowest BCUT2D eigenvalue weighted by molar-refractivity contribution is -0.109. The van der Waals surface area contributed by atoms with E-state index in [-0.39, 0.29) is 5.60 Å². The van der Waals surface area contributed by atoms with Gasteiger partial charge in [-0.3, -0.25) is 9.69 Å². The van der Waals surface area contributed by atoms with Crippen LogP contribution >= 0.6 is 0 Å². The van der Waals surface area contributed by atoms with E-state index < -0.39 is 0 Å². The molecule has 0 saturated carbocycles. The quantitative estimate of drug-likeness (QED) is 0.426. The molecule has 5 heteroatoms. The van der Waals surface area contributed by atoms with E-state index in [4.69, 9.17) is 10.5 Å². The van der Waals surface area contributed by atoms with Crippen LogP contribution in [0.25, 0.3) is 0 Å². The summed E-state index contributed by atoms with van der Waals surface area (Å²) < 4.78 is 5.64. The molecule has 3 N–H and O–H groups in total. The number of ether oxygens (including phenoxy) is 1. The van der Waals surface area contributed by atoms with Crippen LogP contribution in [0.1, 0.15) is 20.8 Å². The zero-order valence-electron chi connectivity index (χ0n) is 10.7. The highest BCUT2D eigenvalue weighted by Crippen LogP contribution is 2.05. The highest BCUT2D eigenvalue weighted by atomic mass is 16.5. The number of nitrogens with one attached hydrogen (secondary N) is 1. The Hall–Kier alpha value is -0.650. The molecule has 0 aliphatic heterocycles. The second-order valence-corrected chi connectivity index (χ2v) is 4.66. The van der Waals surface area contributed by atoms with Gasteiger partial charge in [0.1, 0.15) is 0 Å². The summed E-state index contributed by atoms with van der Waals surface area (Å²) >= 11 is 0. The normalized spacial score (nSPS) is 11.8. The molecule has 0 unspecified atom stereocenters. The fourth-order valence-corrected chi connectivity index (χ4v) is 1.28. The fourth-order valence-electron chi connectivity index (χ4n) is 1.28. The Labute approximate surface area is 98.3 Å². The molecule has 16 heavy (non-hydrogen) atoms. The van der Waals surface area contributed by atoms with E-state index in [9.17, 15) is 4.79 Å². The Morgan fingerprint density at radius 3 is 2.50 bits per heavy atom. The van der Waals surface area contributed by atoms with Crippen LogP contribution in [0.15, 0.2) is 0 Å². The summed E-state index contributed by atoms with van der Waals surface area (Å²) in [5.74, 6) is 0. The van der Waals surface area contributed by atoms with Crippen LogP contribution in [0.3, 0.4) is 0 Å². The number of nitrogens with two attached hydrogens (primary N) is 1. The van der Waals surface area contributed by atoms with Crippen molar-refractivity contribution in [2.24, 2.45) is 5.73 Å². The van der Waals surface area contributed by atoms with E-state index in [0.29, 0.717) is 26.1 Å². The van der Waals surface area contributed by atoms with Gasteiger partial charge in [0.25, 0.3) is 0 Å². The lowest BCUT2D eigenvalue weighted by Gasteiger charge is -2.25. The van der Waals surface area contributed by atoms with Gasteiger partial charge in [0.15, 0.2) is 0 Å². The number of carbonyl (C=O) groups excluding carboxylic acids is 1. The average molecular weight is 231 g/mol. The molecule has 0 fully saturated rings. The zero-order chi connectivity index (χ0) is 12.4. The van der Waals surface area contributed by atoms with Crippen molar-refractivity contribution in [1.82, 2.24) is 10.2 Å². The topological polar surface area (TPSA) is 67.6 Å². The van der Waals surface area contributed by atoms with Crippen molar-refractivity contribution < 1.29 is 9.53 Å². The van der Waals surface area contributed by atoms with Crippen molar-refractivity contribution >= 4 is 6.41 Å². The summed E-state index contributed by atoms with van der Waals surface area (Å²) in [7, 11) is 0. The van der Waals surface area contributed by atoms with Crippen LogP contribution in [0, 0.1) is 0 Å². The lowest BCUT2D eigenvalue weighted by Crippen LogP contribution is -2.38. The Morgan fingerprint density at radius 2 is 2.00 bits per heavy atom. The van der Waals surface area contributed by atoms with Gasteiger partial charge in [-0.25, -0.2) is 0 Å². The molecule has 0 radical (unpaired) electrons. The second kappa shape index (κ2) is 8.50. The molecule has 0 aliphatic rings. The maximum Gasteiger partial charge on any atom is 0.207 e. The van der Waals surface area contributed by atoms with Crippen LogP contribution in [0.2, 0.25) is 0 Å². The van der Waals surface area contributed by atoms with Crippen LogP contribution in [-0.4, -0.2) is 56.2 Å². The summed E-state index contributed by atoms with van der Waals surface area (Å²) in [6, 6.07) is 0. The van der Waals surface area contributed by atoms with Gasteiger partial charge in [0.2, 0.25) is 6.41 Å². The lowest BCUT2D eigenvalue weighted by atomic mass is 10.2. The Morgan fingerprint density at radius 1 is 1.31 bits per heavy atom. The van der Waals surface area contributed by atoms with Gasteiger partial charge in [-0.1, -0.05) is 0 Å². The smallest absolute Gasteiger partial charge is 0.207 e. The molecular weight excluding hydrogens is 206 g/mol. The van der Waals surface area contributed by atoms with Crippen LogP contribution < -0.4 is 11.1 Å². The van der Waals surface area contributed by atoms with E-state index in [1.54, 1.807) is 0 Å². The Bertz CT molecular complexity index is 181. The summed E-state index contributed by atoms with van der Waals surface area (Å²) in [5, 5.41) is 2.64. The highest BCUT2D eigenvalue weighted by Gasteiger charge is 2.11. The molecule has 5 nitrogen and oxygen atoms in total. The predicted molar refractivity (Wildman–Crippen MR) is 65.3 cm³/mol. The van der Waals surface area contributed by atoms with Crippen molar-refractivity contribution in [2.45, 2.75) is 26.4 Å². The Kier molecular flexibility index (Phi) is 8.15. The van der Waals surface area contributed by atoms with Crippen molar-refractivity contribution in [3.63, 3.8) is 0 Å². The van der Waals surface area contributed by atoms with Gasteiger partial charge in [0, 0.05) is 32.7 Å². The molecule has 0 atom stereocenters. The van der Waals surface area contributed by atoms with Gasteiger partial charge in [-0.15, -0.1) is 0 Å². The van der Waals surface area contributed by atoms with Gasteiger partial charge in [-0.2, -0.15) is 0 Å². The van der Waals surface area contributed by atoms with Crippen LogP contribution in [-0.2, 0) is 9.53 Å². The second-order valence-electron chi connectivity index (χ2n) is 4.66. The monoisotopic (exact) mass is 231 g/mol. The van der Waals surface area contributed by atoms with Gasteiger partial charge < -0.3 is 15.8 Å². The summed E-state index contributed by atoms with van der Waals surface area (Å²) in [6.07, 6.45) is 0.715. The van der Waals surface area contributed by atoms with Gasteiger partial charge in [-0.05, 0) is 20.8 Å². The van der Waals surface area contributed by atoms with Crippen LogP contribution in [0.4, 0.5) is 0 Å². The number of amides is 1. The maximum absolute atomic E-state index is 10.1. The molecule has 1 amide bonds. The maximum atomic E-state index is 10.1. The molecular formula is C11H25N3O2. The first-order valence-corrected chi connectivity index (χ1v) is 5.73. The molecule has 0 rings (SSSR count). The number of hydrogen-bond donors (Lipinski definition) is 2. The van der Waals surface area contributed by atoms with E-state index in [2.05, 4.69) is 10.2 Å². The number of carbonyl (C=O) groups is 1. The third kappa shape index (κ3) is 9.89. The molecule has 0 aromatic heterocycles. The first-order valence-electron chi connectivity index (χ1n) is 5.73. The van der Waals surface area contributed by atoms with Crippen molar-refractivity contribution in [1.29, 1.82) is 0 Å². The minimum atomic E-state index is -0.102. The number of hydrogen-bond acceptors (Lipinski definition) is 4. The minimum absolute atomic E-state index is 0.102. The van der Waals surface area contributed by atoms with Gasteiger partial charge in [0.05, 0.1) is 12.2 Å². The Balaban J connectivity index is 3.71. The molecule has 0 bridgehead atoms. The first-order chi connectivity index (χ1) is 7.49. The number of rotatable bonds is 9. The molecule has 0 spiro atoms. The fraction of sp³-hybridized carbons (Fsp3) is 0.909. The van der Waals surface area contributed by atoms with Crippen molar-refractivity contribution in [3.8, 4) is 0 Å². The molecule has 0 heterocycles. The molecule has 0 saturated heterocycles. The standard InChI is InChI=1S/C11H25N3O2/c1-11(2,3)16-9-8-14(6-4-12)7-5-13-10-15/h10H,4-9,12H2,1-3H3,(H,13,15). The first kappa shape index (κ1) is 15.3. The summed E-state index contributed by atoms with van der Waals surface area (Å²) in [6.45, 7) is 10.5. The van der Waals surface area contributed by atoms with Crippen LogP contribution in [0.5, 0.6) is 0 Å². The highest BCUT2D eigenvalue weighted by molar-refractivity contribution is 5.45. The third-order valence-corrected chi connectivity index (χ3v) is 2.04. The number of nitrogens with zero attached hydrogens (tertiary/aromatic N) is 1. The van der Waals surface area contributed by atoms with Crippen molar-refractivity contribution in [3.05, 3.63) is 0 Å². The zero-order valence-corrected chi connectivity index (χ0v) is 10.7. The van der Waals surface area contributed by atoms with Gasteiger partial charge >= 0.3 is 0 Å². The predicted octanol–water partition coefficient (Wildman–Crippen LogP) is -0.192. The average Bonchev–Trinajstić information content (AvgIpc) is 2.16. The summed E-state index contributed by atoms with van der Waals surface area (Å²) in [5.41, 5.74) is 5.42. The van der Waals surface area contributed by atoms with Crippen molar-refractivity contribution in [2.75, 3.05) is 39.3 Å². The molecule has 0 aromatic rings. The molecule has 0 aliphatic carbocycles. The molecule has 96 valence electrons.